The molecule has 0 saturated carbocycles. The number of nitrogens with zero attached hydrogens (tertiary/aromatic N) is 1. The van der Waals surface area contributed by atoms with E-state index in [1.165, 1.54) is 10.5 Å². The number of nitrogens with one attached hydrogen (secondary N) is 1. The van der Waals surface area contributed by atoms with Gasteiger partial charge in [0.1, 0.15) is 0 Å². The summed E-state index contributed by atoms with van der Waals surface area (Å²) in [6.07, 6.45) is 4.29. The molecular formula is C21H18N2OS. The van der Waals surface area contributed by atoms with Gasteiger partial charge >= 0.3 is 0 Å². The van der Waals surface area contributed by atoms with E-state index < -0.39 is 0 Å². The Morgan fingerprint density at radius 2 is 1.92 bits per heavy atom. The van der Waals surface area contributed by atoms with Crippen LogP contribution in [0.4, 0.5) is 0 Å². The molecule has 1 aliphatic heterocycles. The number of amides is 1. The molecule has 3 aromatic rings. The maximum Gasteiger partial charge on any atom is 0.244 e. The molecule has 0 radical (unpaired) electrons. The molecule has 124 valence electrons. The minimum Gasteiger partial charge on any atom is -0.346 e. The molecule has 0 fully saturated rings. The molecule has 2 heterocycles. The van der Waals surface area contributed by atoms with Crippen LogP contribution in [0.1, 0.15) is 23.7 Å². The van der Waals surface area contributed by atoms with Crippen molar-refractivity contribution in [3.63, 3.8) is 0 Å². The molecule has 4 heteroatoms. The van der Waals surface area contributed by atoms with E-state index in [2.05, 4.69) is 22.4 Å². The second-order valence-electron chi connectivity index (χ2n) is 6.00. The van der Waals surface area contributed by atoms with Gasteiger partial charge in [0.2, 0.25) is 5.91 Å². The maximum atomic E-state index is 12.3. The number of carbonyl (C=O) groups excluding carboxylic acids is 1. The summed E-state index contributed by atoms with van der Waals surface area (Å²) in [4.78, 5) is 18.1. The molecule has 1 N–H and O–H groups in total. The SMILES string of the molecule is O=C(C=Cc1ccc2ccccc2n1)NC1CCSc2ccccc21. The van der Waals surface area contributed by atoms with Gasteiger partial charge in [-0.3, -0.25) is 4.79 Å². The standard InChI is InChI=1S/C21H18N2OS/c24-21(23-19-13-14-25-20-8-4-2-6-17(19)20)12-11-16-10-9-15-5-1-3-7-18(15)22-16/h1-12,19H,13-14H2,(H,23,24). The first-order valence-corrected chi connectivity index (χ1v) is 9.34. The number of fused-ring (bicyclic) bond motifs is 2. The third kappa shape index (κ3) is 3.59. The first kappa shape index (κ1) is 15.9. The summed E-state index contributed by atoms with van der Waals surface area (Å²) in [7, 11) is 0. The van der Waals surface area contributed by atoms with E-state index >= 15 is 0 Å². The van der Waals surface area contributed by atoms with Crippen LogP contribution in [0.15, 0.2) is 71.6 Å². The van der Waals surface area contributed by atoms with Crippen LogP contribution >= 0.6 is 11.8 Å². The molecule has 1 unspecified atom stereocenters. The molecule has 0 spiro atoms. The van der Waals surface area contributed by atoms with Gasteiger partial charge in [-0.05, 0) is 36.3 Å². The average molecular weight is 346 g/mol. The van der Waals surface area contributed by atoms with Crippen molar-refractivity contribution in [1.29, 1.82) is 0 Å². The van der Waals surface area contributed by atoms with Crippen LogP contribution in [-0.2, 0) is 4.79 Å². The van der Waals surface area contributed by atoms with Crippen molar-refractivity contribution in [1.82, 2.24) is 10.3 Å². The van der Waals surface area contributed by atoms with Gasteiger partial charge in [0.15, 0.2) is 0 Å². The third-order valence-electron chi connectivity index (χ3n) is 4.30. The fourth-order valence-electron chi connectivity index (χ4n) is 3.05. The van der Waals surface area contributed by atoms with Gasteiger partial charge in [0.25, 0.3) is 0 Å². The van der Waals surface area contributed by atoms with E-state index in [0.717, 1.165) is 28.8 Å². The van der Waals surface area contributed by atoms with E-state index in [4.69, 9.17) is 0 Å². The predicted molar refractivity (Wildman–Crippen MR) is 103 cm³/mol. The van der Waals surface area contributed by atoms with Gasteiger partial charge in [-0.1, -0.05) is 42.5 Å². The van der Waals surface area contributed by atoms with Crippen molar-refractivity contribution in [2.24, 2.45) is 0 Å². The summed E-state index contributed by atoms with van der Waals surface area (Å²) < 4.78 is 0. The fraction of sp³-hybridized carbons (Fsp3) is 0.143. The third-order valence-corrected chi connectivity index (χ3v) is 5.42. The highest BCUT2D eigenvalue weighted by molar-refractivity contribution is 7.99. The number of aromatic nitrogens is 1. The molecule has 3 nitrogen and oxygen atoms in total. The van der Waals surface area contributed by atoms with Crippen LogP contribution in [0.25, 0.3) is 17.0 Å². The Balaban J connectivity index is 1.47. The lowest BCUT2D eigenvalue weighted by Gasteiger charge is -2.25. The number of rotatable bonds is 3. The van der Waals surface area contributed by atoms with Gasteiger partial charge in [-0.15, -0.1) is 11.8 Å². The van der Waals surface area contributed by atoms with Crippen LogP contribution in [-0.4, -0.2) is 16.6 Å². The van der Waals surface area contributed by atoms with Gasteiger partial charge in [0.05, 0.1) is 17.3 Å². The number of thioether (sulfide) groups is 1. The molecule has 4 rings (SSSR count). The van der Waals surface area contributed by atoms with E-state index in [-0.39, 0.29) is 11.9 Å². The Hall–Kier alpha value is -2.59. The van der Waals surface area contributed by atoms with E-state index in [9.17, 15) is 4.79 Å². The minimum absolute atomic E-state index is 0.0818. The molecule has 0 saturated heterocycles. The first-order chi connectivity index (χ1) is 12.3. The predicted octanol–water partition coefficient (Wildman–Crippen LogP) is 4.60. The zero-order chi connectivity index (χ0) is 17.1. The number of hydrogen-bond donors (Lipinski definition) is 1. The smallest absolute Gasteiger partial charge is 0.244 e. The van der Waals surface area contributed by atoms with Gasteiger partial charge in [0, 0.05) is 22.1 Å². The maximum absolute atomic E-state index is 12.3. The number of pyridine rings is 1. The van der Waals surface area contributed by atoms with E-state index in [1.807, 2.05) is 60.3 Å². The summed E-state index contributed by atoms with van der Waals surface area (Å²) in [5, 5.41) is 4.21. The lowest BCUT2D eigenvalue weighted by atomic mass is 10.0. The second-order valence-corrected chi connectivity index (χ2v) is 7.14. The Morgan fingerprint density at radius 1 is 1.08 bits per heavy atom. The molecule has 1 aromatic heterocycles. The number of carbonyl (C=O) groups is 1. The summed E-state index contributed by atoms with van der Waals surface area (Å²) in [6, 6.07) is 20.3. The largest absolute Gasteiger partial charge is 0.346 e. The quantitative estimate of drug-likeness (QED) is 0.705. The molecule has 25 heavy (non-hydrogen) atoms. The lowest BCUT2D eigenvalue weighted by molar-refractivity contribution is -0.117. The number of benzene rings is 2. The number of para-hydroxylation sites is 1. The molecule has 2 aromatic carbocycles. The Bertz CT molecular complexity index is 951. The number of hydrogen-bond acceptors (Lipinski definition) is 3. The second kappa shape index (κ2) is 7.11. The van der Waals surface area contributed by atoms with Crippen molar-refractivity contribution < 1.29 is 4.79 Å². The first-order valence-electron chi connectivity index (χ1n) is 8.36. The van der Waals surface area contributed by atoms with E-state index in [0.29, 0.717) is 0 Å². The van der Waals surface area contributed by atoms with Crippen LogP contribution in [0.3, 0.4) is 0 Å². The zero-order valence-corrected chi connectivity index (χ0v) is 14.5. The van der Waals surface area contributed by atoms with Crippen molar-refractivity contribution in [3.05, 3.63) is 78.0 Å². The Morgan fingerprint density at radius 3 is 2.88 bits per heavy atom. The zero-order valence-electron chi connectivity index (χ0n) is 13.7. The van der Waals surface area contributed by atoms with Crippen LogP contribution in [0.2, 0.25) is 0 Å². The van der Waals surface area contributed by atoms with Gasteiger partial charge in [-0.25, -0.2) is 4.98 Å². The van der Waals surface area contributed by atoms with Crippen molar-refractivity contribution in [2.75, 3.05) is 5.75 Å². The Kier molecular flexibility index (Phi) is 4.53. The highest BCUT2D eigenvalue weighted by Crippen LogP contribution is 2.35. The van der Waals surface area contributed by atoms with E-state index in [1.54, 1.807) is 12.2 Å². The van der Waals surface area contributed by atoms with Gasteiger partial charge in [-0.2, -0.15) is 0 Å². The molecule has 0 bridgehead atoms. The highest BCUT2D eigenvalue weighted by Gasteiger charge is 2.20. The normalized spacial score (nSPS) is 16.7. The Labute approximate surface area is 151 Å². The van der Waals surface area contributed by atoms with Crippen LogP contribution in [0.5, 0.6) is 0 Å². The molecule has 1 aliphatic rings. The fourth-order valence-corrected chi connectivity index (χ4v) is 4.17. The monoisotopic (exact) mass is 346 g/mol. The summed E-state index contributed by atoms with van der Waals surface area (Å²) >= 11 is 1.85. The lowest BCUT2D eigenvalue weighted by Crippen LogP contribution is -2.29. The van der Waals surface area contributed by atoms with Crippen LogP contribution < -0.4 is 5.32 Å². The summed E-state index contributed by atoms with van der Waals surface area (Å²) in [6.45, 7) is 0. The molecule has 0 aliphatic carbocycles. The molecule has 1 atom stereocenters. The van der Waals surface area contributed by atoms with Crippen molar-refractivity contribution in [3.8, 4) is 0 Å². The van der Waals surface area contributed by atoms with Crippen LogP contribution in [0, 0.1) is 0 Å². The average Bonchev–Trinajstić information content (AvgIpc) is 2.66. The van der Waals surface area contributed by atoms with Crippen molar-refractivity contribution >= 4 is 34.6 Å². The van der Waals surface area contributed by atoms with Gasteiger partial charge < -0.3 is 5.32 Å². The molecule has 1 amide bonds. The summed E-state index contributed by atoms with van der Waals surface area (Å²) in [5.41, 5.74) is 2.93. The summed E-state index contributed by atoms with van der Waals surface area (Å²) in [5.74, 6) is 0.944. The highest BCUT2D eigenvalue weighted by atomic mass is 32.2. The topological polar surface area (TPSA) is 42.0 Å². The van der Waals surface area contributed by atoms with Crippen molar-refractivity contribution in [2.45, 2.75) is 17.4 Å². The molecular weight excluding hydrogens is 328 g/mol. The minimum atomic E-state index is -0.0818.